The molecule has 0 aliphatic carbocycles. The summed E-state index contributed by atoms with van der Waals surface area (Å²) in [7, 11) is 1.22. The first-order valence-electron chi connectivity index (χ1n) is 6.25. The van der Waals surface area contributed by atoms with Crippen LogP contribution in [0.3, 0.4) is 0 Å². The first-order chi connectivity index (χ1) is 8.90. The molecule has 0 aromatic rings. The van der Waals surface area contributed by atoms with Gasteiger partial charge in [0.25, 0.3) is 0 Å². The molecule has 2 atom stereocenters. The van der Waals surface area contributed by atoms with E-state index < -0.39 is 23.9 Å². The Kier molecular flexibility index (Phi) is 8.52. The maximum absolute atomic E-state index is 11.6. The average molecular weight is 274 g/mol. The van der Waals surface area contributed by atoms with Crippen molar-refractivity contribution in [2.24, 2.45) is 5.73 Å². The van der Waals surface area contributed by atoms with E-state index in [4.69, 9.17) is 10.8 Å². The number of hydrogen-bond donors (Lipinski definition) is 3. The van der Waals surface area contributed by atoms with Gasteiger partial charge in [-0.05, 0) is 12.8 Å². The number of carboxylic acids is 1. The lowest BCUT2D eigenvalue weighted by Crippen LogP contribution is -2.43. The number of amides is 1. The summed E-state index contributed by atoms with van der Waals surface area (Å²) in [6.07, 6.45) is 1.58. The fourth-order valence-corrected chi connectivity index (χ4v) is 1.59. The van der Waals surface area contributed by atoms with Gasteiger partial charge in [0.05, 0.1) is 7.11 Å². The van der Waals surface area contributed by atoms with Gasteiger partial charge in [-0.1, -0.05) is 13.3 Å². The van der Waals surface area contributed by atoms with Crippen LogP contribution in [-0.4, -0.2) is 42.1 Å². The van der Waals surface area contributed by atoms with Gasteiger partial charge in [0.15, 0.2) is 0 Å². The van der Waals surface area contributed by atoms with E-state index in [1.165, 1.54) is 7.11 Å². The zero-order chi connectivity index (χ0) is 14.8. The zero-order valence-electron chi connectivity index (χ0n) is 11.3. The number of esters is 1. The molecular weight excluding hydrogens is 252 g/mol. The minimum Gasteiger partial charge on any atom is -0.480 e. The zero-order valence-corrected chi connectivity index (χ0v) is 11.3. The van der Waals surface area contributed by atoms with Crippen LogP contribution in [0.2, 0.25) is 0 Å². The van der Waals surface area contributed by atoms with E-state index in [1.807, 2.05) is 6.92 Å². The fourth-order valence-electron chi connectivity index (χ4n) is 1.59. The van der Waals surface area contributed by atoms with Crippen molar-refractivity contribution in [1.82, 2.24) is 5.32 Å². The van der Waals surface area contributed by atoms with Crippen LogP contribution < -0.4 is 11.1 Å². The monoisotopic (exact) mass is 274 g/mol. The summed E-state index contributed by atoms with van der Waals surface area (Å²) >= 11 is 0. The molecule has 0 saturated carbocycles. The lowest BCUT2D eigenvalue weighted by Gasteiger charge is -2.16. The van der Waals surface area contributed by atoms with E-state index in [1.54, 1.807) is 0 Å². The van der Waals surface area contributed by atoms with Crippen molar-refractivity contribution >= 4 is 17.8 Å². The molecule has 0 spiro atoms. The van der Waals surface area contributed by atoms with Gasteiger partial charge in [0.2, 0.25) is 5.91 Å². The molecule has 0 fully saturated rings. The molecule has 0 aliphatic heterocycles. The Labute approximate surface area is 112 Å². The van der Waals surface area contributed by atoms with Crippen LogP contribution in [0.25, 0.3) is 0 Å². The van der Waals surface area contributed by atoms with Gasteiger partial charge in [0, 0.05) is 18.9 Å². The highest BCUT2D eigenvalue weighted by Gasteiger charge is 2.21. The van der Waals surface area contributed by atoms with Crippen molar-refractivity contribution in [2.75, 3.05) is 7.11 Å². The van der Waals surface area contributed by atoms with Crippen LogP contribution in [0.1, 0.15) is 39.0 Å². The molecule has 7 nitrogen and oxygen atoms in total. The van der Waals surface area contributed by atoms with Crippen molar-refractivity contribution in [3.05, 3.63) is 0 Å². The maximum atomic E-state index is 11.6. The minimum atomic E-state index is -1.18. The molecule has 0 aromatic heterocycles. The second kappa shape index (κ2) is 9.32. The Balaban J connectivity index is 4.22. The predicted octanol–water partition coefficient (Wildman–Crippen LogP) is 0.0265. The number of carbonyl (C=O) groups is 3. The minimum absolute atomic E-state index is 0.00321. The van der Waals surface area contributed by atoms with Gasteiger partial charge < -0.3 is 20.9 Å². The van der Waals surface area contributed by atoms with E-state index in [-0.39, 0.29) is 25.3 Å². The predicted molar refractivity (Wildman–Crippen MR) is 68.3 cm³/mol. The quantitative estimate of drug-likeness (QED) is 0.510. The Morgan fingerprint density at radius 2 is 1.95 bits per heavy atom. The van der Waals surface area contributed by atoms with E-state index in [9.17, 15) is 14.4 Å². The van der Waals surface area contributed by atoms with Crippen molar-refractivity contribution in [3.63, 3.8) is 0 Å². The number of nitrogens with one attached hydrogen (secondary N) is 1. The van der Waals surface area contributed by atoms with Crippen molar-refractivity contribution in [2.45, 2.75) is 51.1 Å². The fraction of sp³-hybridized carbons (Fsp3) is 0.750. The molecule has 0 rings (SSSR count). The normalized spacial score (nSPS) is 13.4. The van der Waals surface area contributed by atoms with Gasteiger partial charge in [-0.3, -0.25) is 9.59 Å². The molecule has 0 aliphatic rings. The molecule has 0 radical (unpaired) electrons. The van der Waals surface area contributed by atoms with Crippen LogP contribution in [0.4, 0.5) is 0 Å². The number of carbonyl (C=O) groups excluding carboxylic acids is 2. The summed E-state index contributed by atoms with van der Waals surface area (Å²) in [6.45, 7) is 1.95. The third-order valence-corrected chi connectivity index (χ3v) is 2.61. The van der Waals surface area contributed by atoms with Gasteiger partial charge in [0.1, 0.15) is 6.04 Å². The lowest BCUT2D eigenvalue weighted by atomic mass is 10.1. The lowest BCUT2D eigenvalue weighted by molar-refractivity contribution is -0.144. The van der Waals surface area contributed by atoms with Gasteiger partial charge in [-0.2, -0.15) is 0 Å². The number of hydrogen-bond acceptors (Lipinski definition) is 5. The number of carboxylic acid groups (broad SMARTS) is 1. The van der Waals surface area contributed by atoms with Crippen LogP contribution >= 0.6 is 0 Å². The maximum Gasteiger partial charge on any atom is 0.326 e. The topological polar surface area (TPSA) is 119 Å². The summed E-state index contributed by atoms with van der Waals surface area (Å²) in [5, 5.41) is 11.3. The van der Waals surface area contributed by atoms with Gasteiger partial charge in [-0.25, -0.2) is 4.79 Å². The standard InChI is InChI=1S/C12H22N2O5/c1-3-4-8(13)7-10(15)14-9(12(17)18)5-6-11(16)19-2/h8-9H,3-7,13H2,1-2H3,(H,14,15)(H,17,18)/t8?,9-/m0/s1. The molecule has 0 heterocycles. The number of nitrogens with two attached hydrogens (primary N) is 1. The number of rotatable bonds is 9. The summed E-state index contributed by atoms with van der Waals surface area (Å²) in [4.78, 5) is 33.5. The Morgan fingerprint density at radius 1 is 1.32 bits per heavy atom. The van der Waals surface area contributed by atoms with Crippen LogP contribution in [-0.2, 0) is 19.1 Å². The van der Waals surface area contributed by atoms with Crippen LogP contribution in [0, 0.1) is 0 Å². The molecule has 0 aromatic carbocycles. The number of aliphatic carboxylic acids is 1. The van der Waals surface area contributed by atoms with Gasteiger partial charge >= 0.3 is 11.9 Å². The van der Waals surface area contributed by atoms with Crippen molar-refractivity contribution in [1.29, 1.82) is 0 Å². The highest BCUT2D eigenvalue weighted by atomic mass is 16.5. The molecular formula is C12H22N2O5. The molecule has 0 saturated heterocycles. The molecule has 110 valence electrons. The second-order valence-corrected chi connectivity index (χ2v) is 4.33. The smallest absolute Gasteiger partial charge is 0.326 e. The Morgan fingerprint density at radius 3 is 2.42 bits per heavy atom. The van der Waals surface area contributed by atoms with Crippen molar-refractivity contribution < 1.29 is 24.2 Å². The number of ether oxygens (including phenoxy) is 1. The Bertz CT molecular complexity index is 319. The molecule has 0 bridgehead atoms. The summed E-state index contributed by atoms with van der Waals surface area (Å²) in [5.74, 6) is -2.11. The molecule has 4 N–H and O–H groups in total. The highest BCUT2D eigenvalue weighted by molar-refractivity contribution is 5.84. The number of methoxy groups -OCH3 is 1. The third kappa shape index (κ3) is 8.15. The van der Waals surface area contributed by atoms with Crippen LogP contribution in [0.5, 0.6) is 0 Å². The molecule has 19 heavy (non-hydrogen) atoms. The Hall–Kier alpha value is -1.63. The summed E-state index contributed by atoms with van der Waals surface area (Å²) in [6, 6.07) is -1.37. The average Bonchev–Trinajstić information content (AvgIpc) is 2.33. The first-order valence-corrected chi connectivity index (χ1v) is 6.25. The first kappa shape index (κ1) is 17.4. The summed E-state index contributed by atoms with van der Waals surface area (Å²) in [5.41, 5.74) is 5.70. The largest absolute Gasteiger partial charge is 0.480 e. The van der Waals surface area contributed by atoms with E-state index >= 15 is 0 Å². The third-order valence-electron chi connectivity index (χ3n) is 2.61. The molecule has 1 unspecified atom stereocenters. The molecule has 7 heteroatoms. The summed E-state index contributed by atoms with van der Waals surface area (Å²) < 4.78 is 4.42. The highest BCUT2D eigenvalue weighted by Crippen LogP contribution is 2.02. The van der Waals surface area contributed by atoms with Gasteiger partial charge in [-0.15, -0.1) is 0 Å². The van der Waals surface area contributed by atoms with E-state index in [0.717, 1.165) is 6.42 Å². The van der Waals surface area contributed by atoms with Crippen molar-refractivity contribution in [3.8, 4) is 0 Å². The second-order valence-electron chi connectivity index (χ2n) is 4.33. The van der Waals surface area contributed by atoms with Crippen LogP contribution in [0.15, 0.2) is 0 Å². The van der Waals surface area contributed by atoms with E-state index in [2.05, 4.69) is 10.1 Å². The SMILES string of the molecule is CCCC(N)CC(=O)N[C@@H](CCC(=O)OC)C(=O)O. The molecule has 1 amide bonds. The van der Waals surface area contributed by atoms with E-state index in [0.29, 0.717) is 6.42 Å².